The van der Waals surface area contributed by atoms with Gasteiger partial charge in [0.25, 0.3) is 0 Å². The van der Waals surface area contributed by atoms with E-state index in [-0.39, 0.29) is 17.9 Å². The van der Waals surface area contributed by atoms with E-state index in [2.05, 4.69) is 13.8 Å². The van der Waals surface area contributed by atoms with E-state index in [1.807, 2.05) is 12.1 Å². The predicted octanol–water partition coefficient (Wildman–Crippen LogP) is 2.48. The molecule has 18 heavy (non-hydrogen) atoms. The van der Waals surface area contributed by atoms with Gasteiger partial charge in [-0.3, -0.25) is 0 Å². The molecular formula is C14H22ClNO2. The lowest BCUT2D eigenvalue weighted by Gasteiger charge is -2.35. The van der Waals surface area contributed by atoms with E-state index >= 15 is 0 Å². The monoisotopic (exact) mass is 271 g/mol. The third kappa shape index (κ3) is 3.16. The lowest BCUT2D eigenvalue weighted by atomic mass is 9.73. The molecular weight excluding hydrogens is 250 g/mol. The summed E-state index contributed by atoms with van der Waals surface area (Å²) in [4.78, 5) is 0. The molecule has 1 rings (SSSR count). The molecule has 4 heteroatoms. The second-order valence-electron chi connectivity index (χ2n) is 5.01. The fourth-order valence-electron chi connectivity index (χ4n) is 2.08. The molecule has 1 aromatic rings. The van der Waals surface area contributed by atoms with Crippen LogP contribution in [0.3, 0.4) is 0 Å². The molecule has 1 atom stereocenters. The average molecular weight is 272 g/mol. The highest BCUT2D eigenvalue weighted by atomic mass is 35.5. The van der Waals surface area contributed by atoms with Crippen LogP contribution in [0, 0.1) is 11.3 Å². The van der Waals surface area contributed by atoms with Crippen LogP contribution in [0.4, 0.5) is 0 Å². The molecule has 0 heterocycles. The second kappa shape index (κ2) is 6.41. The van der Waals surface area contributed by atoms with Gasteiger partial charge in [-0.05, 0) is 36.1 Å². The number of ether oxygens (including phenoxy) is 1. The van der Waals surface area contributed by atoms with Crippen LogP contribution in [0.5, 0.6) is 5.75 Å². The fourth-order valence-corrected chi connectivity index (χ4v) is 2.27. The molecule has 0 spiro atoms. The number of halogens is 1. The predicted molar refractivity (Wildman–Crippen MR) is 75.1 cm³/mol. The minimum atomic E-state index is -0.335. The van der Waals surface area contributed by atoms with Gasteiger partial charge in [-0.1, -0.05) is 25.4 Å². The SMILES string of the molecule is COc1ccc(Cl)cc1CC(CN)(CO)C(C)C. The van der Waals surface area contributed by atoms with Gasteiger partial charge in [0.1, 0.15) is 5.75 Å². The van der Waals surface area contributed by atoms with Crippen molar-refractivity contribution in [1.82, 2.24) is 0 Å². The average Bonchev–Trinajstić information content (AvgIpc) is 2.36. The van der Waals surface area contributed by atoms with Crippen molar-refractivity contribution in [3.63, 3.8) is 0 Å². The summed E-state index contributed by atoms with van der Waals surface area (Å²) >= 11 is 6.02. The van der Waals surface area contributed by atoms with Crippen LogP contribution in [-0.4, -0.2) is 25.4 Å². The summed E-state index contributed by atoms with van der Waals surface area (Å²) in [5, 5.41) is 10.4. The van der Waals surface area contributed by atoms with Crippen molar-refractivity contribution in [2.45, 2.75) is 20.3 Å². The first kappa shape index (κ1) is 15.3. The molecule has 0 aliphatic rings. The Labute approximate surface area is 114 Å². The Balaban J connectivity index is 3.10. The van der Waals surface area contributed by atoms with Gasteiger partial charge in [-0.2, -0.15) is 0 Å². The van der Waals surface area contributed by atoms with E-state index in [9.17, 15) is 5.11 Å². The number of nitrogens with two attached hydrogens (primary N) is 1. The van der Waals surface area contributed by atoms with Crippen LogP contribution >= 0.6 is 11.6 Å². The van der Waals surface area contributed by atoms with Gasteiger partial charge < -0.3 is 15.6 Å². The van der Waals surface area contributed by atoms with Gasteiger partial charge in [0, 0.05) is 17.0 Å². The minimum absolute atomic E-state index is 0.0524. The summed E-state index contributed by atoms with van der Waals surface area (Å²) in [6.45, 7) is 4.62. The summed E-state index contributed by atoms with van der Waals surface area (Å²) in [6, 6.07) is 5.52. The van der Waals surface area contributed by atoms with Crippen molar-refractivity contribution < 1.29 is 9.84 Å². The van der Waals surface area contributed by atoms with Crippen LogP contribution < -0.4 is 10.5 Å². The zero-order chi connectivity index (χ0) is 13.8. The Hall–Kier alpha value is -0.770. The largest absolute Gasteiger partial charge is 0.496 e. The smallest absolute Gasteiger partial charge is 0.122 e. The third-order valence-electron chi connectivity index (χ3n) is 3.73. The quantitative estimate of drug-likeness (QED) is 0.836. The summed E-state index contributed by atoms with van der Waals surface area (Å²) in [5.74, 6) is 1.06. The van der Waals surface area contributed by atoms with Crippen molar-refractivity contribution in [1.29, 1.82) is 0 Å². The van der Waals surface area contributed by atoms with Crippen LogP contribution in [-0.2, 0) is 6.42 Å². The molecule has 0 aliphatic carbocycles. The molecule has 1 unspecified atom stereocenters. The summed E-state index contributed by atoms with van der Waals surface area (Å²) in [7, 11) is 1.63. The molecule has 0 amide bonds. The zero-order valence-electron chi connectivity index (χ0n) is 11.2. The van der Waals surface area contributed by atoms with Gasteiger partial charge in [0.15, 0.2) is 0 Å². The van der Waals surface area contributed by atoms with E-state index in [1.54, 1.807) is 13.2 Å². The molecule has 0 aliphatic heterocycles. The number of methoxy groups -OCH3 is 1. The highest BCUT2D eigenvalue weighted by molar-refractivity contribution is 6.30. The van der Waals surface area contributed by atoms with Gasteiger partial charge in [0.05, 0.1) is 13.7 Å². The van der Waals surface area contributed by atoms with Crippen molar-refractivity contribution in [3.05, 3.63) is 28.8 Å². The van der Waals surface area contributed by atoms with Crippen LogP contribution in [0.2, 0.25) is 5.02 Å². The lowest BCUT2D eigenvalue weighted by Crippen LogP contribution is -2.41. The molecule has 0 saturated carbocycles. The topological polar surface area (TPSA) is 55.5 Å². The van der Waals surface area contributed by atoms with E-state index in [0.29, 0.717) is 18.0 Å². The van der Waals surface area contributed by atoms with Gasteiger partial charge in [0.2, 0.25) is 0 Å². The Bertz CT molecular complexity index is 389. The molecule has 0 aromatic heterocycles. The normalized spacial score (nSPS) is 14.6. The van der Waals surface area contributed by atoms with E-state index < -0.39 is 0 Å². The molecule has 1 aromatic carbocycles. The zero-order valence-corrected chi connectivity index (χ0v) is 12.0. The molecule has 0 fully saturated rings. The number of hydrogen-bond donors (Lipinski definition) is 2. The maximum absolute atomic E-state index is 9.69. The minimum Gasteiger partial charge on any atom is -0.496 e. The molecule has 0 bridgehead atoms. The van der Waals surface area contributed by atoms with Crippen LogP contribution in [0.1, 0.15) is 19.4 Å². The number of aliphatic hydroxyl groups excluding tert-OH is 1. The lowest BCUT2D eigenvalue weighted by molar-refractivity contribution is 0.0836. The number of benzene rings is 1. The summed E-state index contributed by atoms with van der Waals surface area (Å²) < 4.78 is 5.33. The Morgan fingerprint density at radius 1 is 1.44 bits per heavy atom. The van der Waals surface area contributed by atoms with Crippen LogP contribution in [0.15, 0.2) is 18.2 Å². The van der Waals surface area contributed by atoms with Gasteiger partial charge in [-0.25, -0.2) is 0 Å². The van der Waals surface area contributed by atoms with Crippen molar-refractivity contribution >= 4 is 11.6 Å². The number of hydrogen-bond acceptors (Lipinski definition) is 3. The third-order valence-corrected chi connectivity index (χ3v) is 3.97. The van der Waals surface area contributed by atoms with Crippen molar-refractivity contribution in [2.24, 2.45) is 17.1 Å². The molecule has 3 N–H and O–H groups in total. The van der Waals surface area contributed by atoms with Crippen LogP contribution in [0.25, 0.3) is 0 Å². The fraction of sp³-hybridized carbons (Fsp3) is 0.571. The highest BCUT2D eigenvalue weighted by Gasteiger charge is 2.33. The standard InChI is InChI=1S/C14H22ClNO2/c1-10(2)14(8-16,9-17)7-11-6-12(15)4-5-13(11)18-3/h4-6,10,17H,7-9,16H2,1-3H3. The first-order chi connectivity index (χ1) is 8.49. The number of rotatable bonds is 6. The highest BCUT2D eigenvalue weighted by Crippen LogP contribution is 2.34. The Kier molecular flexibility index (Phi) is 5.45. The Morgan fingerprint density at radius 3 is 2.56 bits per heavy atom. The van der Waals surface area contributed by atoms with E-state index in [1.165, 1.54) is 0 Å². The summed E-state index contributed by atoms with van der Waals surface area (Å²) in [6.07, 6.45) is 0.654. The second-order valence-corrected chi connectivity index (χ2v) is 5.45. The molecule has 0 saturated heterocycles. The molecule has 0 radical (unpaired) electrons. The van der Waals surface area contributed by atoms with Crippen molar-refractivity contribution in [3.8, 4) is 5.75 Å². The molecule has 102 valence electrons. The van der Waals surface area contributed by atoms with Gasteiger partial charge >= 0.3 is 0 Å². The summed E-state index contributed by atoms with van der Waals surface area (Å²) in [5.41, 5.74) is 6.51. The number of aliphatic hydroxyl groups is 1. The molecule has 3 nitrogen and oxygen atoms in total. The maximum atomic E-state index is 9.69. The van der Waals surface area contributed by atoms with Gasteiger partial charge in [-0.15, -0.1) is 0 Å². The first-order valence-electron chi connectivity index (χ1n) is 6.12. The van der Waals surface area contributed by atoms with E-state index in [4.69, 9.17) is 22.1 Å². The Morgan fingerprint density at radius 2 is 2.11 bits per heavy atom. The van der Waals surface area contributed by atoms with Crippen molar-refractivity contribution in [2.75, 3.05) is 20.3 Å². The maximum Gasteiger partial charge on any atom is 0.122 e. The van der Waals surface area contributed by atoms with E-state index in [0.717, 1.165) is 11.3 Å². The first-order valence-corrected chi connectivity index (χ1v) is 6.50.